The molecule has 1 amide bonds. The van der Waals surface area contributed by atoms with Crippen LogP contribution in [0.3, 0.4) is 0 Å². The smallest absolute Gasteiger partial charge is 0.242 e. The Labute approximate surface area is 314 Å². The number of hydrogen-bond donors (Lipinski definition) is 9. The molecule has 4 heterocycles. The summed E-state index contributed by atoms with van der Waals surface area (Å²) in [5, 5.41) is 63.3. The SMILES string of the molecule is NC1NC(=O)C2NCN(c3ccccc3C3C=COCC4OC(Oc5c3cc3c(c5OCCO)C(=O)c5ccccc5C3=O)C(O)(CCO)C(O)C4O)C2N1. The number of nitrogens with zero attached hydrogens (tertiary/aromatic N) is 1. The highest BCUT2D eigenvalue weighted by atomic mass is 16.7. The van der Waals surface area contributed by atoms with Crippen LogP contribution in [0, 0.1) is 0 Å². The Morgan fingerprint density at radius 1 is 0.964 bits per heavy atom. The van der Waals surface area contributed by atoms with Gasteiger partial charge < -0.3 is 54.7 Å². The van der Waals surface area contributed by atoms with Crippen molar-refractivity contribution in [3.05, 3.63) is 100 Å². The van der Waals surface area contributed by atoms with Crippen molar-refractivity contribution in [1.29, 1.82) is 0 Å². The zero-order chi connectivity index (χ0) is 38.6. The van der Waals surface area contributed by atoms with E-state index in [0.29, 0.717) is 11.3 Å². The number of aliphatic hydroxyl groups excluding tert-OH is 4. The Hall–Kier alpha value is -4.95. The van der Waals surface area contributed by atoms with Gasteiger partial charge in [0.05, 0.1) is 25.1 Å². The summed E-state index contributed by atoms with van der Waals surface area (Å²) in [6, 6.07) is 14.5. The summed E-state index contributed by atoms with van der Waals surface area (Å²) >= 11 is 0. The van der Waals surface area contributed by atoms with Crippen molar-refractivity contribution in [1.82, 2.24) is 16.0 Å². The third kappa shape index (κ3) is 6.13. The van der Waals surface area contributed by atoms with Crippen LogP contribution in [-0.2, 0) is 14.3 Å². The van der Waals surface area contributed by atoms with Gasteiger partial charge >= 0.3 is 0 Å². The topological polar surface area (TPSA) is 255 Å². The molecule has 3 aromatic carbocycles. The molecule has 9 unspecified atom stereocenters. The molecule has 55 heavy (non-hydrogen) atoms. The first kappa shape index (κ1) is 37.0. The van der Waals surface area contributed by atoms with E-state index in [1.807, 2.05) is 23.1 Å². The molecule has 2 bridgehead atoms. The first-order valence-corrected chi connectivity index (χ1v) is 17.9. The van der Waals surface area contributed by atoms with Crippen molar-refractivity contribution < 1.29 is 58.9 Å². The number of ether oxygens (including phenoxy) is 4. The summed E-state index contributed by atoms with van der Waals surface area (Å²) in [6.45, 7) is -1.55. The van der Waals surface area contributed by atoms with Gasteiger partial charge in [-0.1, -0.05) is 42.5 Å². The van der Waals surface area contributed by atoms with E-state index in [0.717, 1.165) is 0 Å². The van der Waals surface area contributed by atoms with E-state index in [9.17, 15) is 39.9 Å². The third-order valence-electron chi connectivity index (χ3n) is 10.8. The lowest BCUT2D eigenvalue weighted by Gasteiger charge is -2.47. The fraction of sp³-hybridized carbons (Fsp3) is 0.395. The van der Waals surface area contributed by atoms with Gasteiger partial charge in [-0.25, -0.2) is 0 Å². The summed E-state index contributed by atoms with van der Waals surface area (Å²) < 4.78 is 24.6. The quantitative estimate of drug-likeness (QED) is 0.104. The maximum atomic E-state index is 14.3. The zero-order valence-corrected chi connectivity index (χ0v) is 29.3. The second-order valence-electron chi connectivity index (χ2n) is 14.0. The van der Waals surface area contributed by atoms with E-state index in [4.69, 9.17) is 24.7 Å². The molecule has 5 aliphatic rings. The lowest BCUT2D eigenvalue weighted by molar-refractivity contribution is -0.323. The molecular weight excluding hydrogens is 718 g/mol. The van der Waals surface area contributed by atoms with E-state index in [-0.39, 0.29) is 65.1 Å². The molecule has 17 nitrogen and oxygen atoms in total. The van der Waals surface area contributed by atoms with Crippen molar-refractivity contribution in [2.45, 2.75) is 61.0 Å². The number of ketones is 2. The minimum absolute atomic E-state index is 0.0197. The zero-order valence-electron chi connectivity index (χ0n) is 29.3. The average molecular weight is 760 g/mol. The molecule has 4 aliphatic heterocycles. The largest absolute Gasteiger partial charge is 0.499 e. The number of nitrogens with two attached hydrogens (primary N) is 1. The van der Waals surface area contributed by atoms with Crippen LogP contribution < -0.4 is 36.1 Å². The Kier molecular flexibility index (Phi) is 9.83. The first-order chi connectivity index (χ1) is 26.6. The Morgan fingerprint density at radius 3 is 2.47 bits per heavy atom. The highest BCUT2D eigenvalue weighted by molar-refractivity contribution is 6.29. The van der Waals surface area contributed by atoms with Gasteiger partial charge in [0.2, 0.25) is 12.2 Å². The number of para-hydroxylation sites is 1. The van der Waals surface area contributed by atoms with Crippen LogP contribution in [0.15, 0.2) is 66.9 Å². The number of rotatable bonds is 7. The molecule has 10 N–H and O–H groups in total. The number of amides is 1. The predicted octanol–water partition coefficient (Wildman–Crippen LogP) is -1.53. The fourth-order valence-corrected chi connectivity index (χ4v) is 8.06. The van der Waals surface area contributed by atoms with Gasteiger partial charge in [-0.3, -0.25) is 30.8 Å². The summed E-state index contributed by atoms with van der Waals surface area (Å²) in [5.41, 5.74) is 5.28. The number of aliphatic hydroxyl groups is 5. The minimum Gasteiger partial charge on any atom is -0.499 e. The van der Waals surface area contributed by atoms with Crippen LogP contribution in [0.4, 0.5) is 5.69 Å². The van der Waals surface area contributed by atoms with Gasteiger partial charge in [0, 0.05) is 46.9 Å². The molecule has 290 valence electrons. The molecule has 1 aliphatic carbocycles. The molecule has 0 spiro atoms. The molecular formula is C38H41N5O12. The Morgan fingerprint density at radius 2 is 1.71 bits per heavy atom. The van der Waals surface area contributed by atoms with E-state index in [2.05, 4.69) is 16.0 Å². The minimum atomic E-state index is -2.41. The molecule has 8 rings (SSSR count). The van der Waals surface area contributed by atoms with Crippen LogP contribution in [0.25, 0.3) is 0 Å². The van der Waals surface area contributed by atoms with E-state index in [1.54, 1.807) is 30.3 Å². The number of benzene rings is 3. The number of carbonyl (C=O) groups excluding carboxylic acids is 3. The second kappa shape index (κ2) is 14.6. The van der Waals surface area contributed by atoms with E-state index >= 15 is 0 Å². The molecule has 0 radical (unpaired) electrons. The summed E-state index contributed by atoms with van der Waals surface area (Å²) in [4.78, 5) is 43.5. The van der Waals surface area contributed by atoms with Gasteiger partial charge in [0.15, 0.2) is 28.7 Å². The number of carbonyl (C=O) groups is 3. The fourth-order valence-electron chi connectivity index (χ4n) is 8.06. The van der Waals surface area contributed by atoms with Crippen molar-refractivity contribution in [2.24, 2.45) is 5.73 Å². The average Bonchev–Trinajstić information content (AvgIpc) is 3.60. The molecule has 9 atom stereocenters. The first-order valence-electron chi connectivity index (χ1n) is 17.9. The van der Waals surface area contributed by atoms with Gasteiger partial charge in [-0.2, -0.15) is 0 Å². The summed E-state index contributed by atoms with van der Waals surface area (Å²) in [6.07, 6.45) is -5.48. The van der Waals surface area contributed by atoms with E-state index in [1.165, 1.54) is 18.4 Å². The lowest BCUT2D eigenvalue weighted by Crippen LogP contribution is -2.70. The molecule has 0 saturated carbocycles. The van der Waals surface area contributed by atoms with Crippen molar-refractivity contribution in [3.63, 3.8) is 0 Å². The Bertz CT molecular complexity index is 2050. The van der Waals surface area contributed by atoms with Gasteiger partial charge in [0.1, 0.15) is 50.0 Å². The van der Waals surface area contributed by atoms with Gasteiger partial charge in [0.25, 0.3) is 0 Å². The monoisotopic (exact) mass is 759 g/mol. The highest BCUT2D eigenvalue weighted by Crippen LogP contribution is 2.50. The van der Waals surface area contributed by atoms with Gasteiger partial charge in [-0.05, 0) is 23.8 Å². The lowest BCUT2D eigenvalue weighted by atomic mass is 9.79. The van der Waals surface area contributed by atoms with Crippen molar-refractivity contribution in [3.8, 4) is 11.5 Å². The van der Waals surface area contributed by atoms with Crippen LogP contribution in [0.2, 0.25) is 0 Å². The standard InChI is InChI=1S/C38H41N5O12/c39-37-41-34-27(35(50)42-37)40-17-43(34)24-8-4-3-5-19(24)18-9-13-52-16-25-30(48)33(49)38(51,10-11-44)36(54-25)55-31-22(18)15-23-26(32(31)53-14-12-45)29(47)21-7-2-1-6-20(21)28(23)46/h1-9,13,15,18,25,27,30,33-34,36-37,40-41,44-45,48-49,51H,10-12,14,16-17,39H2,(H,42,50). The van der Waals surface area contributed by atoms with Crippen LogP contribution in [0.5, 0.6) is 11.5 Å². The molecule has 3 fully saturated rings. The van der Waals surface area contributed by atoms with E-state index < -0.39 is 85.8 Å². The third-order valence-corrected chi connectivity index (χ3v) is 10.8. The maximum absolute atomic E-state index is 14.3. The molecule has 3 aromatic rings. The van der Waals surface area contributed by atoms with Crippen LogP contribution >= 0.6 is 0 Å². The molecule has 17 heteroatoms. The van der Waals surface area contributed by atoms with Crippen molar-refractivity contribution >= 4 is 23.2 Å². The molecule has 0 aromatic heterocycles. The maximum Gasteiger partial charge on any atom is 0.242 e. The number of nitrogens with one attached hydrogen (secondary N) is 3. The summed E-state index contributed by atoms with van der Waals surface area (Å²) in [5.74, 6) is -2.65. The number of hydrogen-bond acceptors (Lipinski definition) is 16. The van der Waals surface area contributed by atoms with Crippen LogP contribution in [-0.4, -0.2) is 125 Å². The second-order valence-corrected chi connectivity index (χ2v) is 14.0. The number of allylic oxidation sites excluding steroid dienone is 1. The highest BCUT2D eigenvalue weighted by Gasteiger charge is 2.57. The molecule has 3 saturated heterocycles. The van der Waals surface area contributed by atoms with Crippen LogP contribution in [0.1, 0.15) is 55.3 Å². The van der Waals surface area contributed by atoms with Crippen molar-refractivity contribution in [2.75, 3.05) is 38.0 Å². The number of anilines is 1. The predicted molar refractivity (Wildman–Crippen MR) is 191 cm³/mol. The van der Waals surface area contributed by atoms with Gasteiger partial charge in [-0.15, -0.1) is 0 Å². The Balaban J connectivity index is 1.38. The normalized spacial score (nSPS) is 31.2. The number of fused-ring (bicyclic) bond motifs is 6. The summed E-state index contributed by atoms with van der Waals surface area (Å²) in [7, 11) is 0.